The molecular weight excluding hydrogens is 481 g/mol. The summed E-state index contributed by atoms with van der Waals surface area (Å²) in [6, 6.07) is 1.72. The lowest BCUT2D eigenvalue weighted by molar-refractivity contribution is -0.0945. The van der Waals surface area contributed by atoms with Crippen LogP contribution in [0.5, 0.6) is 0 Å². The topological polar surface area (TPSA) is 86.6 Å². The Hall–Kier alpha value is 0.804. The lowest BCUT2D eigenvalue weighted by Gasteiger charge is -2.44. The van der Waals surface area contributed by atoms with E-state index in [-0.39, 0.29) is 6.61 Å². The minimum Gasteiger partial charge on any atom is -0.437 e. The molecule has 31 heavy (non-hydrogen) atoms. The summed E-state index contributed by atoms with van der Waals surface area (Å²) < 4.78 is 32.3. The van der Waals surface area contributed by atoms with Crippen LogP contribution in [-0.2, 0) is 21.2 Å². The van der Waals surface area contributed by atoms with Gasteiger partial charge in [0.05, 0.1) is 6.61 Å². The number of aliphatic hydroxyl groups is 2. The minimum absolute atomic E-state index is 0.0755. The molecule has 2 N–H and O–H groups in total. The maximum Gasteiger partial charge on any atom is 0.317 e. The monoisotopic (exact) mass is 530 g/mol. The highest BCUT2D eigenvalue weighted by molar-refractivity contribution is 6.90. The lowest BCUT2D eigenvalue weighted by Crippen LogP contribution is -2.60. The molecule has 188 valence electrons. The van der Waals surface area contributed by atoms with Crippen molar-refractivity contribution in [1.82, 2.24) is 0 Å². The van der Waals surface area contributed by atoms with Gasteiger partial charge in [0, 0.05) is 6.61 Å². The van der Waals surface area contributed by atoms with Crippen LogP contribution in [-0.4, -0.2) is 72.0 Å². The van der Waals surface area contributed by atoms with Gasteiger partial charge in [-0.05, 0) is 84.0 Å². The van der Waals surface area contributed by atoms with Crippen LogP contribution in [0.1, 0.15) is 26.2 Å². The second-order valence-corrected chi connectivity index (χ2v) is 31.1. The van der Waals surface area contributed by atoms with Crippen LogP contribution >= 0.6 is 0 Å². The number of hydrogen-bond donors (Lipinski definition) is 2. The summed E-state index contributed by atoms with van der Waals surface area (Å²) in [5.74, 6) is 0. The van der Waals surface area contributed by atoms with E-state index in [1.54, 1.807) is 0 Å². The second kappa shape index (κ2) is 13.0. The van der Waals surface area contributed by atoms with Crippen LogP contribution in [0.3, 0.4) is 0 Å². The van der Waals surface area contributed by atoms with Gasteiger partial charge in [0.15, 0.2) is 22.9 Å². The summed E-state index contributed by atoms with van der Waals surface area (Å²) in [6.45, 7) is 24.4. The Labute approximate surface area is 196 Å². The quantitative estimate of drug-likeness (QED) is 0.154. The lowest BCUT2D eigenvalue weighted by atomic mass is 10.4. The summed E-state index contributed by atoms with van der Waals surface area (Å²) >= 11 is 0. The van der Waals surface area contributed by atoms with E-state index in [2.05, 4.69) is 72.4 Å². The molecule has 0 aromatic carbocycles. The fourth-order valence-electron chi connectivity index (χ4n) is 3.81. The predicted molar refractivity (Wildman–Crippen MR) is 140 cm³/mol. The van der Waals surface area contributed by atoms with Gasteiger partial charge < -0.3 is 31.4 Å². The van der Waals surface area contributed by atoms with Crippen molar-refractivity contribution in [2.24, 2.45) is 0 Å². The highest BCUT2D eigenvalue weighted by atomic mass is 28.5. The molecule has 0 aliphatic rings. The molecule has 0 spiro atoms. The van der Waals surface area contributed by atoms with Crippen LogP contribution in [0.25, 0.3) is 0 Å². The van der Waals surface area contributed by atoms with Gasteiger partial charge in [-0.1, -0.05) is 19.8 Å². The largest absolute Gasteiger partial charge is 0.437 e. The van der Waals surface area contributed by atoms with E-state index >= 15 is 0 Å². The van der Waals surface area contributed by atoms with E-state index in [4.69, 9.17) is 31.4 Å². The average molecular weight is 531 g/mol. The molecule has 0 aliphatic carbocycles. The maximum absolute atomic E-state index is 8.97. The van der Waals surface area contributed by atoms with Gasteiger partial charge in [-0.3, -0.25) is 0 Å². The number of aliphatic hydroxyl groups excluding tert-OH is 1. The molecule has 0 saturated carbocycles. The summed E-state index contributed by atoms with van der Waals surface area (Å²) in [5.41, 5.74) is 0. The zero-order chi connectivity index (χ0) is 24.6. The first-order valence-electron chi connectivity index (χ1n) is 11.5. The van der Waals surface area contributed by atoms with E-state index in [9.17, 15) is 0 Å². The maximum atomic E-state index is 8.97. The van der Waals surface area contributed by atoms with Crippen LogP contribution in [0.4, 0.5) is 0 Å². The minimum atomic E-state index is -2.53. The highest BCUT2D eigenvalue weighted by Crippen LogP contribution is 2.32. The highest BCUT2D eigenvalue weighted by Gasteiger charge is 2.48. The van der Waals surface area contributed by atoms with Crippen molar-refractivity contribution in [2.45, 2.75) is 110 Å². The molecule has 0 amide bonds. The Morgan fingerprint density at radius 3 is 1.58 bits per heavy atom. The Balaban J connectivity index is 5.51. The van der Waals surface area contributed by atoms with Gasteiger partial charge in [-0.2, -0.15) is 0 Å². The molecule has 0 radical (unpaired) electrons. The third kappa shape index (κ3) is 17.0. The molecule has 0 bridgehead atoms. The van der Waals surface area contributed by atoms with Crippen molar-refractivity contribution in [2.75, 3.05) is 13.2 Å². The van der Waals surface area contributed by atoms with Gasteiger partial charge in [0.25, 0.3) is 0 Å². The molecule has 0 saturated heterocycles. The van der Waals surface area contributed by atoms with Crippen LogP contribution in [0, 0.1) is 0 Å². The fraction of sp³-hybridized carbons (Fsp3) is 1.00. The van der Waals surface area contributed by atoms with Gasteiger partial charge in [-0.15, -0.1) is 0 Å². The van der Waals surface area contributed by atoms with E-state index in [1.807, 2.05) is 0 Å². The standard InChI is InChI=1S/C19H50O7Si5/c1-12-13-16-31(11,25-29(8,9)23-27(2,3)4)26-30(10,24-28(5,6)7)17-14-15-22-18-19(20)21/h19-21H,12-18H2,1-11H3. The SMILES string of the molecule is CCCC[Si](C)(O[Si](C)(C)O[Si](C)(C)C)O[Si](C)(CCCOCC(O)O)O[Si](C)(C)C. The van der Waals surface area contributed by atoms with Crippen molar-refractivity contribution in [3.05, 3.63) is 0 Å². The van der Waals surface area contributed by atoms with Gasteiger partial charge in [0.1, 0.15) is 0 Å². The second-order valence-electron chi connectivity index (χ2n) is 11.1. The Bertz CT molecular complexity index is 511. The van der Waals surface area contributed by atoms with Crippen molar-refractivity contribution in [3.63, 3.8) is 0 Å². The molecular formula is C19H50O7Si5. The normalized spacial score (nSPS) is 17.6. The first-order valence-corrected chi connectivity index (χ1v) is 26.2. The molecule has 0 aliphatic heterocycles. The Kier molecular flexibility index (Phi) is 13.4. The molecule has 0 heterocycles. The molecule has 2 unspecified atom stereocenters. The molecule has 0 aromatic rings. The molecule has 0 fully saturated rings. The number of ether oxygens (including phenoxy) is 1. The Morgan fingerprint density at radius 2 is 1.13 bits per heavy atom. The van der Waals surface area contributed by atoms with Crippen LogP contribution < -0.4 is 0 Å². The van der Waals surface area contributed by atoms with E-state index < -0.39 is 48.6 Å². The third-order valence-electron chi connectivity index (χ3n) is 4.14. The van der Waals surface area contributed by atoms with Crippen LogP contribution in [0.2, 0.25) is 77.6 Å². The smallest absolute Gasteiger partial charge is 0.317 e. The summed E-state index contributed by atoms with van der Waals surface area (Å²) in [7, 11) is -11.0. The molecule has 0 rings (SSSR count). The van der Waals surface area contributed by atoms with Crippen molar-refractivity contribution in [3.8, 4) is 0 Å². The zero-order valence-corrected chi connectivity index (χ0v) is 27.0. The molecule has 12 heteroatoms. The average Bonchev–Trinajstić information content (AvgIpc) is 2.46. The molecule has 7 nitrogen and oxygen atoms in total. The summed E-state index contributed by atoms with van der Waals surface area (Å²) in [6.07, 6.45) is 1.48. The third-order valence-corrected chi connectivity index (χ3v) is 22.4. The number of rotatable bonds is 17. The number of hydrogen-bond acceptors (Lipinski definition) is 7. The van der Waals surface area contributed by atoms with E-state index in [0.29, 0.717) is 6.61 Å². The fourth-order valence-corrected chi connectivity index (χ4v) is 27.7. The molecule has 2 atom stereocenters. The van der Waals surface area contributed by atoms with E-state index in [1.165, 1.54) is 0 Å². The first-order chi connectivity index (χ1) is 13.8. The van der Waals surface area contributed by atoms with Gasteiger partial charge in [0.2, 0.25) is 0 Å². The first kappa shape index (κ1) is 31.8. The van der Waals surface area contributed by atoms with E-state index in [0.717, 1.165) is 31.4 Å². The summed E-state index contributed by atoms with van der Waals surface area (Å²) in [5, 5.41) is 17.9. The molecule has 0 aromatic heterocycles. The zero-order valence-electron chi connectivity index (χ0n) is 22.0. The van der Waals surface area contributed by atoms with Crippen molar-refractivity contribution in [1.29, 1.82) is 0 Å². The predicted octanol–water partition coefficient (Wildman–Crippen LogP) is 5.09. The van der Waals surface area contributed by atoms with Gasteiger partial charge in [-0.25, -0.2) is 0 Å². The van der Waals surface area contributed by atoms with Crippen molar-refractivity contribution < 1.29 is 31.4 Å². The Morgan fingerprint density at radius 1 is 0.645 bits per heavy atom. The number of unbranched alkanes of at least 4 members (excludes halogenated alkanes) is 1. The van der Waals surface area contributed by atoms with Crippen molar-refractivity contribution >= 4 is 42.3 Å². The van der Waals surface area contributed by atoms with Gasteiger partial charge >= 0.3 is 25.7 Å². The van der Waals surface area contributed by atoms with Crippen LogP contribution in [0.15, 0.2) is 0 Å². The summed E-state index contributed by atoms with van der Waals surface area (Å²) in [4.78, 5) is 0.